The van der Waals surface area contributed by atoms with E-state index in [-0.39, 0.29) is 12.1 Å². The van der Waals surface area contributed by atoms with Crippen molar-refractivity contribution < 1.29 is 9.59 Å². The second-order valence-corrected chi connectivity index (χ2v) is 9.50. The molecule has 0 aromatic heterocycles. The van der Waals surface area contributed by atoms with Gasteiger partial charge in [0.1, 0.15) is 0 Å². The molecule has 2 heterocycles. The fourth-order valence-electron chi connectivity index (χ4n) is 4.86. The number of nitrogens with zero attached hydrogens (tertiary/aromatic N) is 2. The van der Waals surface area contributed by atoms with Crippen LogP contribution in [0.2, 0.25) is 0 Å². The molecule has 2 fully saturated rings. The van der Waals surface area contributed by atoms with Crippen LogP contribution in [-0.2, 0) is 0 Å². The van der Waals surface area contributed by atoms with Gasteiger partial charge in [-0.1, -0.05) is 19.9 Å². The van der Waals surface area contributed by atoms with Crippen molar-refractivity contribution in [3.63, 3.8) is 0 Å². The van der Waals surface area contributed by atoms with Crippen LogP contribution in [0.25, 0.3) is 0 Å². The summed E-state index contributed by atoms with van der Waals surface area (Å²) in [6, 6.07) is 5.17. The Morgan fingerprint density at radius 1 is 0.879 bits per heavy atom. The molecule has 2 atom stereocenters. The minimum Gasteiger partial charge on any atom is -0.338 e. The van der Waals surface area contributed by atoms with Gasteiger partial charge in [0.15, 0.2) is 0 Å². The summed E-state index contributed by atoms with van der Waals surface area (Å²) >= 11 is 0. The van der Waals surface area contributed by atoms with E-state index >= 15 is 0 Å². The normalized spacial score (nSPS) is 21.9. The molecule has 2 aliphatic heterocycles. The van der Waals surface area contributed by atoms with Gasteiger partial charge in [-0.05, 0) is 88.3 Å². The smallest absolute Gasteiger partial charge is 0.319 e. The van der Waals surface area contributed by atoms with Gasteiger partial charge < -0.3 is 31.1 Å². The lowest BCUT2D eigenvalue weighted by Gasteiger charge is -2.31. The lowest BCUT2D eigenvalue weighted by molar-refractivity contribution is 0.180. The Morgan fingerprint density at radius 2 is 1.42 bits per heavy atom. The predicted molar refractivity (Wildman–Crippen MR) is 135 cm³/mol. The third-order valence-corrected chi connectivity index (χ3v) is 6.95. The van der Waals surface area contributed by atoms with Gasteiger partial charge in [-0.3, -0.25) is 0 Å². The van der Waals surface area contributed by atoms with Crippen LogP contribution in [0.15, 0.2) is 18.2 Å². The Kier molecular flexibility index (Phi) is 9.81. The van der Waals surface area contributed by atoms with Gasteiger partial charge in [0.2, 0.25) is 0 Å². The van der Waals surface area contributed by atoms with Crippen LogP contribution < -0.4 is 21.3 Å². The molecule has 0 radical (unpaired) electrons. The Morgan fingerprint density at radius 3 is 1.97 bits per heavy atom. The summed E-state index contributed by atoms with van der Waals surface area (Å²) < 4.78 is 0. The number of hydrogen-bond acceptors (Lipinski definition) is 4. The van der Waals surface area contributed by atoms with E-state index in [1.54, 1.807) is 0 Å². The highest BCUT2D eigenvalue weighted by molar-refractivity contribution is 5.93. The van der Waals surface area contributed by atoms with Gasteiger partial charge in [0, 0.05) is 37.6 Å². The van der Waals surface area contributed by atoms with Crippen LogP contribution in [0, 0.1) is 18.8 Å². The standard InChI is InChI=1S/C25H42N6O2/c1-4-30-12-6-8-20(17-30)15-26-24(32)28-22-11-10-19(3)23(14-22)29-25(33)27-16-21-9-7-13-31(5-2)18-21/h10-11,14,20-21H,4-9,12-13,15-18H2,1-3H3,(H2,26,28,32)(H2,27,29,33). The summed E-state index contributed by atoms with van der Waals surface area (Å²) in [7, 11) is 0. The van der Waals surface area contributed by atoms with E-state index < -0.39 is 0 Å². The first-order valence-electron chi connectivity index (χ1n) is 12.6. The Balaban J connectivity index is 1.44. The predicted octanol–water partition coefficient (Wildman–Crippen LogP) is 3.70. The van der Waals surface area contributed by atoms with E-state index in [2.05, 4.69) is 44.9 Å². The summed E-state index contributed by atoms with van der Waals surface area (Å²) in [6.07, 6.45) is 4.69. The molecule has 0 bridgehead atoms. The maximum Gasteiger partial charge on any atom is 0.319 e. The topological polar surface area (TPSA) is 88.7 Å². The maximum absolute atomic E-state index is 12.5. The van der Waals surface area contributed by atoms with Crippen molar-refractivity contribution in [2.45, 2.75) is 46.5 Å². The quantitative estimate of drug-likeness (QED) is 0.478. The van der Waals surface area contributed by atoms with Crippen molar-refractivity contribution in [1.29, 1.82) is 0 Å². The number of amides is 4. The number of urea groups is 2. The molecule has 4 amide bonds. The number of aryl methyl sites for hydroxylation is 1. The Labute approximate surface area is 198 Å². The molecule has 3 rings (SSSR count). The molecular formula is C25H42N6O2. The van der Waals surface area contributed by atoms with Crippen LogP contribution in [0.3, 0.4) is 0 Å². The molecule has 33 heavy (non-hydrogen) atoms. The van der Waals surface area contributed by atoms with Gasteiger partial charge in [-0.25, -0.2) is 9.59 Å². The molecule has 4 N–H and O–H groups in total. The molecule has 2 unspecified atom stereocenters. The zero-order valence-electron chi connectivity index (χ0n) is 20.6. The Bertz CT molecular complexity index is 786. The number of hydrogen-bond donors (Lipinski definition) is 4. The summed E-state index contributed by atoms with van der Waals surface area (Å²) in [5, 5.41) is 11.9. The minimum atomic E-state index is -0.208. The second kappa shape index (κ2) is 12.8. The number of likely N-dealkylation sites (tertiary alicyclic amines) is 2. The van der Waals surface area contributed by atoms with E-state index in [0.717, 1.165) is 57.7 Å². The molecule has 8 heteroatoms. The van der Waals surface area contributed by atoms with Crippen LogP contribution >= 0.6 is 0 Å². The molecule has 1 aromatic carbocycles. The first-order chi connectivity index (χ1) is 16.0. The summed E-state index contributed by atoms with van der Waals surface area (Å²) in [5.74, 6) is 0.993. The third kappa shape index (κ3) is 8.19. The van der Waals surface area contributed by atoms with E-state index in [0.29, 0.717) is 36.3 Å². The number of carbonyl (C=O) groups excluding carboxylic acids is 2. The lowest BCUT2D eigenvalue weighted by Crippen LogP contribution is -2.42. The SMILES string of the molecule is CCN1CCCC(CNC(=O)Nc2ccc(C)c(NC(=O)NCC3CCCN(CC)C3)c2)C1. The van der Waals surface area contributed by atoms with Crippen molar-refractivity contribution in [3.05, 3.63) is 23.8 Å². The molecule has 1 aromatic rings. The second-order valence-electron chi connectivity index (χ2n) is 9.50. The highest BCUT2D eigenvalue weighted by atomic mass is 16.2. The highest BCUT2D eigenvalue weighted by Gasteiger charge is 2.20. The van der Waals surface area contributed by atoms with Crippen molar-refractivity contribution in [3.8, 4) is 0 Å². The van der Waals surface area contributed by atoms with Crippen LogP contribution in [-0.4, -0.2) is 74.2 Å². The van der Waals surface area contributed by atoms with Crippen LogP contribution in [0.1, 0.15) is 45.1 Å². The van der Waals surface area contributed by atoms with Gasteiger partial charge >= 0.3 is 12.1 Å². The maximum atomic E-state index is 12.5. The zero-order chi connectivity index (χ0) is 23.6. The van der Waals surface area contributed by atoms with Crippen molar-refractivity contribution in [2.75, 3.05) is 63.0 Å². The summed E-state index contributed by atoms with van der Waals surface area (Å²) in [6.45, 7) is 14.2. The Hall–Kier alpha value is -2.32. The van der Waals surface area contributed by atoms with Crippen molar-refractivity contribution in [2.24, 2.45) is 11.8 Å². The van der Waals surface area contributed by atoms with Gasteiger partial charge in [-0.15, -0.1) is 0 Å². The van der Waals surface area contributed by atoms with Gasteiger partial charge in [0.05, 0.1) is 0 Å². The molecule has 8 nitrogen and oxygen atoms in total. The van der Waals surface area contributed by atoms with Crippen LogP contribution in [0.4, 0.5) is 21.0 Å². The number of anilines is 2. The van der Waals surface area contributed by atoms with Gasteiger partial charge in [-0.2, -0.15) is 0 Å². The molecule has 0 spiro atoms. The average molecular weight is 459 g/mol. The molecular weight excluding hydrogens is 416 g/mol. The monoisotopic (exact) mass is 458 g/mol. The van der Waals surface area contributed by atoms with Crippen molar-refractivity contribution in [1.82, 2.24) is 20.4 Å². The number of benzene rings is 1. The molecule has 184 valence electrons. The fraction of sp³-hybridized carbons (Fsp3) is 0.680. The van der Waals surface area contributed by atoms with E-state index in [1.807, 2.05) is 25.1 Å². The number of rotatable bonds is 8. The number of carbonyl (C=O) groups is 2. The van der Waals surface area contributed by atoms with Crippen molar-refractivity contribution >= 4 is 23.4 Å². The number of piperidine rings is 2. The summed E-state index contributed by atoms with van der Waals surface area (Å²) in [4.78, 5) is 29.8. The fourth-order valence-corrected chi connectivity index (χ4v) is 4.86. The molecule has 0 aliphatic carbocycles. The largest absolute Gasteiger partial charge is 0.338 e. The number of nitrogens with one attached hydrogen (secondary N) is 4. The third-order valence-electron chi connectivity index (χ3n) is 6.95. The lowest BCUT2D eigenvalue weighted by atomic mass is 9.98. The van der Waals surface area contributed by atoms with E-state index in [1.165, 1.54) is 12.8 Å². The van der Waals surface area contributed by atoms with E-state index in [4.69, 9.17) is 0 Å². The average Bonchev–Trinajstić information content (AvgIpc) is 2.84. The summed E-state index contributed by atoms with van der Waals surface area (Å²) in [5.41, 5.74) is 2.32. The molecule has 2 saturated heterocycles. The molecule has 0 saturated carbocycles. The minimum absolute atomic E-state index is 0.203. The zero-order valence-corrected chi connectivity index (χ0v) is 20.6. The first-order valence-corrected chi connectivity index (χ1v) is 12.6. The van der Waals surface area contributed by atoms with Gasteiger partial charge in [0.25, 0.3) is 0 Å². The highest BCUT2D eigenvalue weighted by Crippen LogP contribution is 2.21. The first kappa shape index (κ1) is 25.3. The molecule has 2 aliphatic rings. The van der Waals surface area contributed by atoms with Crippen LogP contribution in [0.5, 0.6) is 0 Å². The van der Waals surface area contributed by atoms with E-state index in [9.17, 15) is 9.59 Å².